The molecular formula is C29H25FN6O. The van der Waals surface area contributed by atoms with E-state index in [1.165, 1.54) is 6.07 Å². The van der Waals surface area contributed by atoms with Crippen molar-refractivity contribution in [2.24, 2.45) is 0 Å². The normalized spacial score (nSPS) is 11.6. The maximum absolute atomic E-state index is 13.9. The lowest BCUT2D eigenvalue weighted by atomic mass is 10.0. The number of fused-ring (bicyclic) bond motifs is 2. The lowest BCUT2D eigenvalue weighted by Gasteiger charge is -2.11. The molecule has 0 spiro atoms. The molecule has 0 atom stereocenters. The van der Waals surface area contributed by atoms with Crippen molar-refractivity contribution in [1.29, 1.82) is 0 Å². The Morgan fingerprint density at radius 3 is 2.68 bits per heavy atom. The fraction of sp³-hybridized carbons (Fsp3) is 0.138. The number of benzene rings is 2. The van der Waals surface area contributed by atoms with E-state index in [9.17, 15) is 4.39 Å². The van der Waals surface area contributed by atoms with Crippen LogP contribution in [-0.2, 0) is 0 Å². The number of nitrogens with zero attached hydrogens (tertiary/aromatic N) is 4. The molecule has 8 heteroatoms. The molecule has 0 amide bonds. The summed E-state index contributed by atoms with van der Waals surface area (Å²) in [6, 6.07) is 20.5. The monoisotopic (exact) mass is 492 g/mol. The van der Waals surface area contributed by atoms with E-state index in [0.717, 1.165) is 56.6 Å². The van der Waals surface area contributed by atoms with E-state index in [1.54, 1.807) is 24.5 Å². The number of ether oxygens (including phenoxy) is 1. The number of aromatic nitrogens is 5. The number of aromatic amines is 2. The largest absolute Gasteiger partial charge is 0.491 e. The fourth-order valence-corrected chi connectivity index (χ4v) is 4.42. The molecule has 2 aromatic carbocycles. The van der Waals surface area contributed by atoms with E-state index < -0.39 is 0 Å². The van der Waals surface area contributed by atoms with Crippen molar-refractivity contribution in [3.8, 4) is 39.5 Å². The third kappa shape index (κ3) is 4.54. The summed E-state index contributed by atoms with van der Waals surface area (Å²) in [4.78, 5) is 14.8. The van der Waals surface area contributed by atoms with Gasteiger partial charge in [0.15, 0.2) is 0 Å². The highest BCUT2D eigenvalue weighted by Crippen LogP contribution is 2.34. The van der Waals surface area contributed by atoms with E-state index >= 15 is 0 Å². The van der Waals surface area contributed by atoms with Gasteiger partial charge in [-0.3, -0.25) is 10.1 Å². The standard InChI is InChI=1S/C29H25FN6O/c1-36(2)11-12-37-21-14-19(16-31-17-21)24-9-10-26-28(33-24)29(35-34-26)27-15-23-22(7-4-8-25(23)32-27)18-5-3-6-20(30)13-18/h3-10,13-17,32H,11-12H2,1-2H3,(H,34,35). The SMILES string of the molecule is CN(C)CCOc1cncc(-c2ccc3[nH]nc(-c4cc5c(-c6cccc(F)c6)cccc5[nH]4)c3n2)c1. The Bertz CT molecular complexity index is 1720. The number of halogens is 1. The number of nitrogens with one attached hydrogen (secondary N) is 2. The molecule has 0 bridgehead atoms. The van der Waals surface area contributed by atoms with Gasteiger partial charge >= 0.3 is 0 Å². The molecule has 6 rings (SSSR count). The van der Waals surface area contributed by atoms with Crippen LogP contribution in [0.15, 0.2) is 79.1 Å². The third-order valence-electron chi connectivity index (χ3n) is 6.28. The summed E-state index contributed by atoms with van der Waals surface area (Å²) in [5.74, 6) is 0.441. The van der Waals surface area contributed by atoms with Crippen molar-refractivity contribution >= 4 is 21.9 Å². The van der Waals surface area contributed by atoms with Crippen molar-refractivity contribution in [3.05, 3.63) is 84.9 Å². The molecule has 0 saturated carbocycles. The van der Waals surface area contributed by atoms with E-state index in [-0.39, 0.29) is 5.82 Å². The molecule has 4 heterocycles. The highest BCUT2D eigenvalue weighted by atomic mass is 19.1. The zero-order valence-corrected chi connectivity index (χ0v) is 20.5. The summed E-state index contributed by atoms with van der Waals surface area (Å²) in [6.45, 7) is 1.40. The first-order valence-corrected chi connectivity index (χ1v) is 12.0. The highest BCUT2D eigenvalue weighted by Gasteiger charge is 2.16. The van der Waals surface area contributed by atoms with Gasteiger partial charge in [-0.25, -0.2) is 9.37 Å². The number of likely N-dealkylation sites (N-methyl/N-ethyl adjacent to an activating group) is 1. The zero-order chi connectivity index (χ0) is 25.4. The first-order valence-electron chi connectivity index (χ1n) is 12.0. The Morgan fingerprint density at radius 1 is 0.919 bits per heavy atom. The molecule has 6 aromatic rings. The summed E-state index contributed by atoms with van der Waals surface area (Å²) < 4.78 is 19.8. The van der Waals surface area contributed by atoms with Gasteiger partial charge in [-0.05, 0) is 67.7 Å². The van der Waals surface area contributed by atoms with E-state index in [0.29, 0.717) is 18.1 Å². The van der Waals surface area contributed by atoms with Crippen molar-refractivity contribution in [2.45, 2.75) is 0 Å². The van der Waals surface area contributed by atoms with Crippen molar-refractivity contribution in [2.75, 3.05) is 27.2 Å². The molecule has 2 N–H and O–H groups in total. The summed E-state index contributed by atoms with van der Waals surface area (Å²) in [6.07, 6.45) is 3.49. The summed E-state index contributed by atoms with van der Waals surface area (Å²) >= 11 is 0. The second-order valence-electron chi connectivity index (χ2n) is 9.19. The van der Waals surface area contributed by atoms with Gasteiger partial charge in [0.25, 0.3) is 0 Å². The minimum atomic E-state index is -0.262. The van der Waals surface area contributed by atoms with Gasteiger partial charge in [-0.1, -0.05) is 24.3 Å². The molecule has 0 saturated heterocycles. The Kier molecular flexibility index (Phi) is 5.86. The van der Waals surface area contributed by atoms with Crippen LogP contribution >= 0.6 is 0 Å². The smallest absolute Gasteiger partial charge is 0.138 e. The molecule has 37 heavy (non-hydrogen) atoms. The van der Waals surface area contributed by atoms with Crippen LogP contribution in [0, 0.1) is 5.82 Å². The number of rotatable bonds is 7. The van der Waals surface area contributed by atoms with Crippen LogP contribution in [0.3, 0.4) is 0 Å². The average Bonchev–Trinajstić information content (AvgIpc) is 3.52. The lowest BCUT2D eigenvalue weighted by molar-refractivity contribution is 0.261. The second kappa shape index (κ2) is 9.48. The van der Waals surface area contributed by atoms with E-state index in [4.69, 9.17) is 9.72 Å². The van der Waals surface area contributed by atoms with Gasteiger partial charge in [-0.2, -0.15) is 5.10 Å². The lowest BCUT2D eigenvalue weighted by Crippen LogP contribution is -2.19. The third-order valence-corrected chi connectivity index (χ3v) is 6.28. The molecule has 4 aromatic heterocycles. The van der Waals surface area contributed by atoms with Crippen LogP contribution < -0.4 is 4.74 Å². The van der Waals surface area contributed by atoms with Gasteiger partial charge in [-0.15, -0.1) is 0 Å². The Morgan fingerprint density at radius 2 is 1.81 bits per heavy atom. The predicted octanol–water partition coefficient (Wildman–Crippen LogP) is 5.91. The van der Waals surface area contributed by atoms with Crippen LogP contribution in [-0.4, -0.2) is 57.3 Å². The van der Waals surface area contributed by atoms with Crippen molar-refractivity contribution in [1.82, 2.24) is 30.0 Å². The summed E-state index contributed by atoms with van der Waals surface area (Å²) in [5.41, 5.74) is 7.46. The summed E-state index contributed by atoms with van der Waals surface area (Å²) in [5, 5.41) is 8.64. The first kappa shape index (κ1) is 22.9. The van der Waals surface area contributed by atoms with E-state index in [1.807, 2.05) is 62.6 Å². The van der Waals surface area contributed by atoms with Crippen LogP contribution in [0.4, 0.5) is 4.39 Å². The Labute approximate surface area is 213 Å². The van der Waals surface area contributed by atoms with Crippen LogP contribution in [0.5, 0.6) is 5.75 Å². The van der Waals surface area contributed by atoms with Gasteiger partial charge in [0.1, 0.15) is 29.4 Å². The molecule has 0 aliphatic rings. The highest BCUT2D eigenvalue weighted by molar-refractivity contribution is 6.00. The van der Waals surface area contributed by atoms with Crippen LogP contribution in [0.25, 0.3) is 55.7 Å². The maximum atomic E-state index is 13.9. The number of hydrogen-bond acceptors (Lipinski definition) is 5. The zero-order valence-electron chi connectivity index (χ0n) is 20.5. The molecule has 0 unspecified atom stereocenters. The molecule has 7 nitrogen and oxygen atoms in total. The predicted molar refractivity (Wildman–Crippen MR) is 144 cm³/mol. The molecule has 0 aliphatic heterocycles. The topological polar surface area (TPSA) is 82.7 Å². The molecular weight excluding hydrogens is 467 g/mol. The van der Waals surface area contributed by atoms with Crippen LogP contribution in [0.2, 0.25) is 0 Å². The summed E-state index contributed by atoms with van der Waals surface area (Å²) in [7, 11) is 4.02. The minimum Gasteiger partial charge on any atom is -0.491 e. The number of pyridine rings is 2. The second-order valence-corrected chi connectivity index (χ2v) is 9.19. The van der Waals surface area contributed by atoms with Crippen LogP contribution in [0.1, 0.15) is 0 Å². The molecule has 0 fully saturated rings. The first-order chi connectivity index (χ1) is 18.0. The number of H-pyrrole nitrogens is 2. The van der Waals surface area contributed by atoms with Crippen molar-refractivity contribution < 1.29 is 9.13 Å². The van der Waals surface area contributed by atoms with Crippen molar-refractivity contribution in [3.63, 3.8) is 0 Å². The van der Waals surface area contributed by atoms with E-state index in [2.05, 4.69) is 25.1 Å². The molecule has 0 radical (unpaired) electrons. The molecule has 0 aliphatic carbocycles. The molecule has 184 valence electrons. The minimum absolute atomic E-state index is 0.262. The fourth-order valence-electron chi connectivity index (χ4n) is 4.42. The Hall–Kier alpha value is -4.56. The quantitative estimate of drug-likeness (QED) is 0.289. The maximum Gasteiger partial charge on any atom is 0.138 e. The number of hydrogen-bond donors (Lipinski definition) is 2. The Balaban J connectivity index is 1.38. The average molecular weight is 493 g/mol. The van der Waals surface area contributed by atoms with Gasteiger partial charge in [0.05, 0.1) is 23.1 Å². The van der Waals surface area contributed by atoms with Gasteiger partial charge < -0.3 is 14.6 Å². The van der Waals surface area contributed by atoms with Gasteiger partial charge in [0.2, 0.25) is 0 Å². The van der Waals surface area contributed by atoms with Gasteiger partial charge in [0, 0.05) is 29.2 Å².